The average molecular weight is 388 g/mol. The quantitative estimate of drug-likeness (QED) is 0.759. The third-order valence-electron chi connectivity index (χ3n) is 4.02. The minimum absolute atomic E-state index is 0.0921. The zero-order chi connectivity index (χ0) is 18.7. The van der Waals surface area contributed by atoms with Crippen LogP contribution in [0.1, 0.15) is 17.0 Å². The van der Waals surface area contributed by atoms with Crippen LogP contribution in [-0.2, 0) is 17.4 Å². The van der Waals surface area contributed by atoms with Crippen molar-refractivity contribution in [3.05, 3.63) is 40.7 Å². The number of carbonyl (C=O) groups excluding carboxylic acids is 1. The first-order valence-electron chi connectivity index (χ1n) is 8.01. The Morgan fingerprint density at radius 2 is 1.96 bits per heavy atom. The zero-order valence-corrected chi connectivity index (χ0v) is 14.5. The van der Waals surface area contributed by atoms with E-state index in [1.165, 1.54) is 12.1 Å². The lowest BCUT2D eigenvalue weighted by Gasteiger charge is -2.21. The fourth-order valence-electron chi connectivity index (χ4n) is 2.75. The molecule has 3 rings (SSSR count). The molecule has 26 heavy (non-hydrogen) atoms. The van der Waals surface area contributed by atoms with Crippen molar-refractivity contribution in [3.8, 4) is 0 Å². The van der Waals surface area contributed by atoms with Gasteiger partial charge in [-0.15, -0.1) is 10.2 Å². The van der Waals surface area contributed by atoms with Gasteiger partial charge < -0.3 is 9.80 Å². The van der Waals surface area contributed by atoms with E-state index in [0.717, 1.165) is 0 Å². The van der Waals surface area contributed by atoms with Gasteiger partial charge in [-0.3, -0.25) is 4.79 Å². The first-order chi connectivity index (χ1) is 12.3. The Balaban J connectivity index is 1.61. The van der Waals surface area contributed by atoms with Crippen molar-refractivity contribution in [1.29, 1.82) is 0 Å². The predicted octanol–water partition coefficient (Wildman–Crippen LogP) is 2.98. The van der Waals surface area contributed by atoms with E-state index < -0.39 is 17.0 Å². The lowest BCUT2D eigenvalue weighted by Crippen LogP contribution is -2.36. The van der Waals surface area contributed by atoms with Gasteiger partial charge >= 0.3 is 6.18 Å². The summed E-state index contributed by atoms with van der Waals surface area (Å²) in [5.41, 5.74) is 0.593. The van der Waals surface area contributed by atoms with Gasteiger partial charge in [0.25, 0.3) is 0 Å². The van der Waals surface area contributed by atoms with Crippen LogP contribution in [-0.4, -0.2) is 47.2 Å². The van der Waals surface area contributed by atoms with Crippen LogP contribution in [0.5, 0.6) is 0 Å². The Kier molecular flexibility index (Phi) is 5.40. The minimum atomic E-state index is -4.51. The van der Waals surface area contributed by atoms with Crippen LogP contribution in [0, 0.1) is 5.82 Å². The van der Waals surface area contributed by atoms with Gasteiger partial charge in [0.1, 0.15) is 5.82 Å². The van der Waals surface area contributed by atoms with Crippen molar-refractivity contribution < 1.29 is 22.4 Å². The molecule has 0 radical (unpaired) electrons. The van der Waals surface area contributed by atoms with E-state index in [0.29, 0.717) is 49.5 Å². The summed E-state index contributed by atoms with van der Waals surface area (Å²) in [6.45, 7) is 1.74. The molecule has 1 saturated heterocycles. The summed E-state index contributed by atoms with van der Waals surface area (Å²) in [6, 6.07) is 5.87. The lowest BCUT2D eigenvalue weighted by molar-refractivity contribution is -0.138. The Hall–Kier alpha value is -2.23. The van der Waals surface area contributed by atoms with Crippen LogP contribution in [0.2, 0.25) is 0 Å². The summed E-state index contributed by atoms with van der Waals surface area (Å²) in [4.78, 5) is 15.8. The van der Waals surface area contributed by atoms with E-state index in [4.69, 9.17) is 0 Å². The van der Waals surface area contributed by atoms with Gasteiger partial charge in [0.2, 0.25) is 16.0 Å². The second kappa shape index (κ2) is 7.56. The number of anilines is 1. The molecule has 0 atom stereocenters. The molecule has 10 heteroatoms. The topological polar surface area (TPSA) is 49.3 Å². The molecule has 0 unspecified atom stereocenters. The van der Waals surface area contributed by atoms with Gasteiger partial charge in [0, 0.05) is 26.2 Å². The van der Waals surface area contributed by atoms with Crippen molar-refractivity contribution >= 4 is 22.4 Å². The molecule has 2 aromatic rings. The number of halogens is 4. The van der Waals surface area contributed by atoms with Gasteiger partial charge in [-0.1, -0.05) is 23.5 Å². The number of hydrogen-bond donors (Lipinski definition) is 0. The highest BCUT2D eigenvalue weighted by Crippen LogP contribution is 2.34. The Morgan fingerprint density at radius 3 is 2.65 bits per heavy atom. The molecular weight excluding hydrogens is 372 g/mol. The van der Waals surface area contributed by atoms with Crippen molar-refractivity contribution in [2.45, 2.75) is 19.0 Å². The molecule has 2 heterocycles. The van der Waals surface area contributed by atoms with E-state index in [9.17, 15) is 22.4 Å². The minimum Gasteiger partial charge on any atom is -0.345 e. The first kappa shape index (κ1) is 18.6. The highest BCUT2D eigenvalue weighted by molar-refractivity contribution is 7.15. The molecule has 1 fully saturated rings. The molecular formula is C16H16F4N4OS. The van der Waals surface area contributed by atoms with Gasteiger partial charge in [0.15, 0.2) is 0 Å². The second-order valence-corrected chi connectivity index (χ2v) is 6.87. The van der Waals surface area contributed by atoms with Gasteiger partial charge in [-0.2, -0.15) is 13.2 Å². The summed E-state index contributed by atoms with van der Waals surface area (Å²) >= 11 is 0.503. The van der Waals surface area contributed by atoms with E-state index in [1.54, 1.807) is 21.9 Å². The van der Waals surface area contributed by atoms with Crippen molar-refractivity contribution in [2.24, 2.45) is 0 Å². The maximum atomic E-state index is 13.2. The largest absolute Gasteiger partial charge is 0.445 e. The van der Waals surface area contributed by atoms with Crippen molar-refractivity contribution in [3.63, 3.8) is 0 Å². The van der Waals surface area contributed by atoms with Crippen LogP contribution in [0.15, 0.2) is 24.3 Å². The van der Waals surface area contributed by atoms with E-state index in [1.807, 2.05) is 0 Å². The van der Waals surface area contributed by atoms with E-state index in [-0.39, 0.29) is 17.5 Å². The van der Waals surface area contributed by atoms with Gasteiger partial charge in [-0.05, 0) is 24.1 Å². The highest BCUT2D eigenvalue weighted by Gasteiger charge is 2.36. The molecule has 1 aromatic heterocycles. The fraction of sp³-hybridized carbons (Fsp3) is 0.438. The summed E-state index contributed by atoms with van der Waals surface area (Å²) in [5, 5.41) is 6.05. The zero-order valence-electron chi connectivity index (χ0n) is 13.7. The fourth-order valence-corrected chi connectivity index (χ4v) is 3.51. The van der Waals surface area contributed by atoms with Crippen LogP contribution in [0.25, 0.3) is 0 Å². The number of nitrogens with zero attached hydrogens (tertiary/aromatic N) is 4. The third kappa shape index (κ3) is 4.48. The monoisotopic (exact) mass is 388 g/mol. The van der Waals surface area contributed by atoms with Gasteiger partial charge in [0.05, 0.1) is 6.42 Å². The molecule has 1 aromatic carbocycles. The number of hydrogen-bond acceptors (Lipinski definition) is 5. The summed E-state index contributed by atoms with van der Waals surface area (Å²) in [6.07, 6.45) is -3.81. The first-order valence-corrected chi connectivity index (χ1v) is 8.82. The van der Waals surface area contributed by atoms with Gasteiger partial charge in [-0.25, -0.2) is 4.39 Å². The molecule has 0 N–H and O–H groups in total. The number of rotatable bonds is 3. The van der Waals surface area contributed by atoms with Crippen LogP contribution in [0.4, 0.5) is 22.7 Å². The normalized spacial score (nSPS) is 15.8. The standard InChI is InChI=1S/C16H16F4N4OS/c17-12-4-1-3-11(9-12)10-13(25)23-5-2-6-24(8-7-23)15-22-21-14(26-15)16(18,19)20/h1,3-4,9H,2,5-8,10H2. The third-order valence-corrected chi connectivity index (χ3v) is 5.05. The molecule has 0 bridgehead atoms. The molecule has 1 aliphatic rings. The lowest BCUT2D eigenvalue weighted by atomic mass is 10.1. The highest BCUT2D eigenvalue weighted by atomic mass is 32.1. The molecule has 0 saturated carbocycles. The number of carbonyl (C=O) groups is 1. The van der Waals surface area contributed by atoms with E-state index >= 15 is 0 Å². The summed E-state index contributed by atoms with van der Waals surface area (Å²) in [5.74, 6) is -0.528. The number of amides is 1. The Bertz CT molecular complexity index is 780. The summed E-state index contributed by atoms with van der Waals surface area (Å²) < 4.78 is 51.2. The van der Waals surface area contributed by atoms with E-state index in [2.05, 4.69) is 10.2 Å². The van der Waals surface area contributed by atoms with Crippen LogP contribution < -0.4 is 4.90 Å². The number of aromatic nitrogens is 2. The SMILES string of the molecule is O=C(Cc1cccc(F)c1)N1CCCN(c2nnc(C(F)(F)F)s2)CC1. The predicted molar refractivity (Wildman–Crippen MR) is 88.4 cm³/mol. The number of benzene rings is 1. The number of alkyl halides is 3. The molecule has 0 aliphatic carbocycles. The molecule has 140 valence electrons. The molecule has 1 amide bonds. The maximum absolute atomic E-state index is 13.2. The molecule has 1 aliphatic heterocycles. The Labute approximate surface area is 151 Å². The Morgan fingerprint density at radius 1 is 1.15 bits per heavy atom. The van der Waals surface area contributed by atoms with Crippen LogP contribution in [0.3, 0.4) is 0 Å². The maximum Gasteiger partial charge on any atom is 0.445 e. The second-order valence-electron chi connectivity index (χ2n) is 5.92. The molecule has 0 spiro atoms. The molecule has 5 nitrogen and oxygen atoms in total. The van der Waals surface area contributed by atoms with Crippen molar-refractivity contribution in [1.82, 2.24) is 15.1 Å². The van der Waals surface area contributed by atoms with Crippen molar-refractivity contribution in [2.75, 3.05) is 31.1 Å². The average Bonchev–Trinajstić information content (AvgIpc) is 2.94. The smallest absolute Gasteiger partial charge is 0.345 e. The summed E-state index contributed by atoms with van der Waals surface area (Å²) in [7, 11) is 0. The van der Waals surface area contributed by atoms with Crippen LogP contribution >= 0.6 is 11.3 Å².